The average Bonchev–Trinajstić information content (AvgIpc) is 3.13. The van der Waals surface area contributed by atoms with E-state index < -0.39 is 0 Å². The predicted octanol–water partition coefficient (Wildman–Crippen LogP) is 11.9. The lowest BCUT2D eigenvalue weighted by Gasteiger charge is -2.23. The molecule has 6 nitrogen and oxygen atoms in total. The van der Waals surface area contributed by atoms with Gasteiger partial charge in [-0.1, -0.05) is 155 Å². The van der Waals surface area contributed by atoms with Crippen LogP contribution in [0.15, 0.2) is 48.5 Å². The second kappa shape index (κ2) is 38.0. The maximum atomic E-state index is 11.4. The van der Waals surface area contributed by atoms with Gasteiger partial charge in [0.2, 0.25) is 0 Å². The van der Waals surface area contributed by atoms with Crippen molar-refractivity contribution < 1.29 is 19.2 Å². The number of rotatable bonds is 8. The second-order valence-electron chi connectivity index (χ2n) is 13.5. The summed E-state index contributed by atoms with van der Waals surface area (Å²) in [6.07, 6.45) is 10.1. The predicted molar refractivity (Wildman–Crippen MR) is 224 cm³/mol. The van der Waals surface area contributed by atoms with Crippen LogP contribution in [0.2, 0.25) is 0 Å². The maximum Gasteiger partial charge on any atom is 0.138 e. The van der Waals surface area contributed by atoms with Crippen LogP contribution in [0.5, 0.6) is 0 Å². The largest absolute Gasteiger partial charge is 0.333 e. The summed E-state index contributed by atoms with van der Waals surface area (Å²) < 4.78 is 0. The first-order valence-corrected chi connectivity index (χ1v) is 19.2. The van der Waals surface area contributed by atoms with E-state index in [9.17, 15) is 19.2 Å². The Morgan fingerprint density at radius 3 is 1.57 bits per heavy atom. The Labute approximate surface area is 315 Å². The number of hydrogen-bond donors (Lipinski definition) is 2. The third-order valence-electron chi connectivity index (χ3n) is 7.29. The van der Waals surface area contributed by atoms with Crippen molar-refractivity contribution in [3.63, 3.8) is 0 Å². The smallest absolute Gasteiger partial charge is 0.138 e. The van der Waals surface area contributed by atoms with Gasteiger partial charge in [-0.2, -0.15) is 0 Å². The monoisotopic (exact) mass is 713 g/mol. The molecule has 0 heterocycles. The molecule has 0 bridgehead atoms. The van der Waals surface area contributed by atoms with Crippen molar-refractivity contribution in [3.05, 3.63) is 70.8 Å². The lowest BCUT2D eigenvalue weighted by Crippen LogP contribution is -2.20. The Morgan fingerprint density at radius 1 is 0.824 bits per heavy atom. The molecule has 0 aromatic heterocycles. The molecule has 2 aromatic carbocycles. The summed E-state index contributed by atoms with van der Waals surface area (Å²) in [7, 11) is 1.50. The fourth-order valence-corrected chi connectivity index (χ4v) is 4.10. The van der Waals surface area contributed by atoms with Crippen LogP contribution in [0, 0.1) is 49.3 Å². The maximum absolute atomic E-state index is 11.4. The highest BCUT2D eigenvalue weighted by Gasteiger charge is 2.21. The van der Waals surface area contributed by atoms with Gasteiger partial charge in [0, 0.05) is 41.7 Å². The molecule has 0 radical (unpaired) electrons. The van der Waals surface area contributed by atoms with Crippen LogP contribution in [0.1, 0.15) is 157 Å². The molecule has 51 heavy (non-hydrogen) atoms. The zero-order valence-corrected chi connectivity index (χ0v) is 35.9. The van der Waals surface area contributed by atoms with Gasteiger partial charge in [0.25, 0.3) is 0 Å². The highest BCUT2D eigenvalue weighted by atomic mass is 16.1. The first-order chi connectivity index (χ1) is 24.0. The Balaban J connectivity index is -0.000000176. The van der Waals surface area contributed by atoms with Gasteiger partial charge >= 0.3 is 0 Å². The normalized spacial score (nSPS) is 11.9. The lowest BCUT2D eigenvalue weighted by atomic mass is 9.82. The van der Waals surface area contributed by atoms with Crippen LogP contribution in [-0.2, 0) is 19.2 Å². The Kier molecular flexibility index (Phi) is 42.5. The molecule has 294 valence electrons. The number of Topliss-reactive ketones (excluding diaryl/α,β-unsaturated/α-hetero) is 2. The van der Waals surface area contributed by atoms with Gasteiger partial charge in [0.1, 0.15) is 24.1 Å². The summed E-state index contributed by atoms with van der Waals surface area (Å²) >= 11 is 0. The van der Waals surface area contributed by atoms with Gasteiger partial charge < -0.3 is 25.5 Å². The molecule has 1 aliphatic rings. The molecule has 6 heteroatoms. The molecule has 3 N–H and O–H groups in total. The van der Waals surface area contributed by atoms with Crippen LogP contribution >= 0.6 is 0 Å². The fraction of sp³-hybridized carbons (Fsp3) is 0.622. The van der Waals surface area contributed by atoms with E-state index in [4.69, 9.17) is 5.41 Å². The molecule has 1 saturated carbocycles. The second-order valence-corrected chi connectivity index (χ2v) is 13.5. The van der Waals surface area contributed by atoms with Crippen LogP contribution < -0.4 is 5.73 Å². The van der Waals surface area contributed by atoms with Gasteiger partial charge in [-0.25, -0.2) is 0 Å². The number of nitrogens with two attached hydrogens (primary N) is 1. The van der Waals surface area contributed by atoms with Crippen molar-refractivity contribution in [1.82, 2.24) is 0 Å². The minimum atomic E-state index is -0.261. The van der Waals surface area contributed by atoms with Crippen LogP contribution in [0.4, 0.5) is 0 Å². The number of aryl methyl sites for hydroxylation is 3. The van der Waals surface area contributed by atoms with Crippen molar-refractivity contribution in [2.24, 2.45) is 28.9 Å². The minimum absolute atomic E-state index is 0.0105. The Morgan fingerprint density at radius 2 is 1.25 bits per heavy atom. The summed E-state index contributed by atoms with van der Waals surface area (Å²) in [5.41, 5.74) is 10.2. The third-order valence-corrected chi connectivity index (χ3v) is 7.29. The number of aldehydes is 2. The SMILES string of the molecule is CC.CC.CC(C)C=O.CC(C=O)CCC(=O)C(C)(C)C.CCC(C)=O.CN.Cc1cccc(C)c1.Cc1ccccc1C(=N)C1CCCCC1. The number of benzene rings is 2. The van der Waals surface area contributed by atoms with E-state index in [0.29, 0.717) is 25.2 Å². The van der Waals surface area contributed by atoms with Crippen molar-refractivity contribution in [2.45, 2.75) is 155 Å². The van der Waals surface area contributed by atoms with E-state index in [2.05, 4.69) is 62.9 Å². The molecule has 0 aliphatic heterocycles. The van der Waals surface area contributed by atoms with Crippen molar-refractivity contribution in [1.29, 1.82) is 5.41 Å². The third kappa shape index (κ3) is 36.3. The zero-order chi connectivity index (χ0) is 41.0. The zero-order valence-electron chi connectivity index (χ0n) is 35.9. The Hall–Kier alpha value is -3.25. The molecule has 1 fully saturated rings. The first kappa shape index (κ1) is 57.1. The molecular weight excluding hydrogens is 633 g/mol. The van der Waals surface area contributed by atoms with E-state index in [1.165, 1.54) is 55.8 Å². The minimum Gasteiger partial charge on any atom is -0.333 e. The molecule has 2 aromatic rings. The first-order valence-electron chi connectivity index (χ1n) is 19.2. The van der Waals surface area contributed by atoms with Gasteiger partial charge in [-0.15, -0.1) is 0 Å². The van der Waals surface area contributed by atoms with E-state index >= 15 is 0 Å². The quantitative estimate of drug-likeness (QED) is 0.209. The van der Waals surface area contributed by atoms with Crippen LogP contribution in [0.3, 0.4) is 0 Å². The van der Waals surface area contributed by atoms with Crippen molar-refractivity contribution in [3.8, 4) is 0 Å². The van der Waals surface area contributed by atoms with E-state index in [1.807, 2.05) is 88.3 Å². The summed E-state index contributed by atoms with van der Waals surface area (Å²) in [6, 6.07) is 16.7. The highest BCUT2D eigenvalue weighted by molar-refractivity contribution is 6.01. The highest BCUT2D eigenvalue weighted by Crippen LogP contribution is 2.27. The average molecular weight is 713 g/mol. The molecule has 3 rings (SSSR count). The van der Waals surface area contributed by atoms with Gasteiger partial charge in [-0.3, -0.25) is 4.79 Å². The summed E-state index contributed by atoms with van der Waals surface area (Å²) in [6.45, 7) is 29.0. The van der Waals surface area contributed by atoms with E-state index in [-0.39, 0.29) is 28.8 Å². The van der Waals surface area contributed by atoms with Gasteiger partial charge in [0.15, 0.2) is 0 Å². The van der Waals surface area contributed by atoms with Crippen molar-refractivity contribution >= 4 is 29.9 Å². The number of ketones is 2. The number of hydrogen-bond acceptors (Lipinski definition) is 6. The van der Waals surface area contributed by atoms with E-state index in [0.717, 1.165) is 23.8 Å². The summed E-state index contributed by atoms with van der Waals surface area (Å²) in [5, 5.41) is 8.26. The standard InChI is InChI=1S/C14H19N.C10H18O2.C8H10.2C4H8O.2C2H6.CH5N/c1-11-7-5-6-10-13(11)14(15)12-8-3-2-4-9-12;1-8(7-11)5-6-9(12)10(2,3)4;1-7-4-3-5-8(2)6-7;1-4(2)3-5;1-3-4(2)5;3*1-2/h5-7,10,12,15H,2-4,8-9H2,1H3;7-8H,5-6H2,1-4H3;3-6H,1-2H3;3-4H,1-2H3;3H2,1-2H3;2*1-2H3;2H2,1H3. The van der Waals surface area contributed by atoms with Crippen LogP contribution in [-0.4, -0.2) is 36.9 Å². The number of carbonyl (C=O) groups is 4. The van der Waals surface area contributed by atoms with Gasteiger partial charge in [-0.05, 0) is 65.1 Å². The number of carbonyl (C=O) groups excluding carboxylic acids is 4. The van der Waals surface area contributed by atoms with Gasteiger partial charge in [0.05, 0.1) is 0 Å². The summed E-state index contributed by atoms with van der Waals surface area (Å²) in [4.78, 5) is 40.9. The molecule has 1 atom stereocenters. The lowest BCUT2D eigenvalue weighted by molar-refractivity contribution is -0.126. The van der Waals surface area contributed by atoms with Crippen LogP contribution in [0.25, 0.3) is 0 Å². The fourth-order valence-electron chi connectivity index (χ4n) is 4.10. The molecule has 1 aliphatic carbocycles. The Bertz CT molecular complexity index is 1130. The molecule has 0 saturated heterocycles. The van der Waals surface area contributed by atoms with Crippen molar-refractivity contribution in [2.75, 3.05) is 7.05 Å². The topological polar surface area (TPSA) is 118 Å². The molecule has 0 amide bonds. The van der Waals surface area contributed by atoms with E-state index in [1.54, 1.807) is 6.92 Å². The summed E-state index contributed by atoms with van der Waals surface area (Å²) in [5.74, 6) is 1.22. The molecule has 1 unspecified atom stereocenters. The molecular formula is C45H80N2O4. The molecule has 0 spiro atoms. The number of nitrogens with one attached hydrogen (secondary N) is 1.